The quantitative estimate of drug-likeness (QED) is 0.0423. The van der Waals surface area contributed by atoms with Gasteiger partial charge in [0, 0.05) is 17.1 Å². The minimum Gasteiger partial charge on any atom is -0.479 e. The number of rotatable bonds is 32. The van der Waals surface area contributed by atoms with E-state index in [1.807, 2.05) is 0 Å². The first-order valence-corrected chi connectivity index (χ1v) is 18.2. The van der Waals surface area contributed by atoms with Gasteiger partial charge in [0.1, 0.15) is 0 Å². The Labute approximate surface area is 277 Å². The second kappa shape index (κ2) is 39.4. The van der Waals surface area contributed by atoms with Crippen molar-refractivity contribution in [1.82, 2.24) is 0 Å². The van der Waals surface area contributed by atoms with Gasteiger partial charge in [-0.05, 0) is 12.8 Å². The Morgan fingerprint density at radius 1 is 0.372 bits per heavy atom. The Morgan fingerprint density at radius 3 is 0.698 bits per heavy atom. The molecule has 0 aromatic heterocycles. The predicted molar refractivity (Wildman–Crippen MR) is 177 cm³/mol. The third kappa shape index (κ3) is 41.4. The fraction of sp³-hybridized carbons (Fsp3) is 0.944. The molecule has 6 nitrogen and oxygen atoms in total. The van der Waals surface area contributed by atoms with Gasteiger partial charge in [-0.3, -0.25) is 0 Å². The van der Waals surface area contributed by atoms with Gasteiger partial charge in [-0.2, -0.15) is 0 Å². The van der Waals surface area contributed by atoms with E-state index in [9.17, 15) is 9.59 Å². The first-order valence-electron chi connectivity index (χ1n) is 18.2. The smallest absolute Gasteiger partial charge is 0.332 e. The largest absolute Gasteiger partial charge is 0.479 e. The summed E-state index contributed by atoms with van der Waals surface area (Å²) >= 11 is 0. The van der Waals surface area contributed by atoms with Crippen LogP contribution in [0.3, 0.4) is 0 Å². The molecule has 0 saturated heterocycles. The van der Waals surface area contributed by atoms with Crippen molar-refractivity contribution >= 4 is 11.9 Å². The molecular formula is C36H72FeO6. The van der Waals surface area contributed by atoms with E-state index < -0.39 is 24.1 Å². The maximum Gasteiger partial charge on any atom is 0.332 e. The number of aliphatic carboxylic acids is 2. The molecule has 2 atom stereocenters. The Hall–Kier alpha value is -0.621. The third-order valence-corrected chi connectivity index (χ3v) is 8.23. The van der Waals surface area contributed by atoms with Crippen molar-refractivity contribution in [2.45, 2.75) is 219 Å². The van der Waals surface area contributed by atoms with Gasteiger partial charge in [-0.1, -0.05) is 194 Å². The van der Waals surface area contributed by atoms with Gasteiger partial charge in [0.15, 0.2) is 12.2 Å². The first-order chi connectivity index (χ1) is 20.4. The zero-order chi connectivity index (χ0) is 31.5. The van der Waals surface area contributed by atoms with E-state index >= 15 is 0 Å². The van der Waals surface area contributed by atoms with Crippen LogP contribution < -0.4 is 0 Å². The molecule has 0 rings (SSSR count). The van der Waals surface area contributed by atoms with Crippen LogP contribution in [0.2, 0.25) is 0 Å². The molecule has 0 aromatic rings. The van der Waals surface area contributed by atoms with Gasteiger partial charge in [0.2, 0.25) is 0 Å². The van der Waals surface area contributed by atoms with Crippen molar-refractivity contribution in [1.29, 1.82) is 0 Å². The van der Waals surface area contributed by atoms with Crippen LogP contribution in [0.25, 0.3) is 0 Å². The molecule has 260 valence electrons. The molecule has 0 aliphatic rings. The van der Waals surface area contributed by atoms with Crippen molar-refractivity contribution in [3.8, 4) is 0 Å². The van der Waals surface area contributed by atoms with E-state index in [0.29, 0.717) is 12.8 Å². The average Bonchev–Trinajstić information content (AvgIpc) is 2.97. The predicted octanol–water partition coefficient (Wildman–Crippen LogP) is 10.6. The second-order valence-corrected chi connectivity index (χ2v) is 12.5. The fourth-order valence-electron chi connectivity index (χ4n) is 5.31. The number of hydrogen-bond acceptors (Lipinski definition) is 4. The summed E-state index contributed by atoms with van der Waals surface area (Å²) in [6, 6.07) is 0. The SMILES string of the molecule is CCCCCCCCCCCCCCCCC(O)C(=O)O.CCCCCCCCCCCCCCCCC(O)C(=O)O.[Fe]. The van der Waals surface area contributed by atoms with E-state index in [2.05, 4.69) is 13.8 Å². The molecule has 0 bridgehead atoms. The molecule has 0 saturated carbocycles. The molecular weight excluding hydrogens is 584 g/mol. The minimum absolute atomic E-state index is 0. The van der Waals surface area contributed by atoms with Crippen LogP contribution in [-0.2, 0) is 26.7 Å². The van der Waals surface area contributed by atoms with E-state index in [4.69, 9.17) is 20.4 Å². The number of aliphatic hydroxyl groups is 2. The van der Waals surface area contributed by atoms with Crippen molar-refractivity contribution in [2.75, 3.05) is 0 Å². The van der Waals surface area contributed by atoms with Gasteiger partial charge in [0.05, 0.1) is 0 Å². The van der Waals surface area contributed by atoms with Gasteiger partial charge in [-0.15, -0.1) is 0 Å². The minimum atomic E-state index is -1.16. The van der Waals surface area contributed by atoms with Gasteiger partial charge in [-0.25, -0.2) is 9.59 Å². The summed E-state index contributed by atoms with van der Waals surface area (Å²) in [5.41, 5.74) is 0. The molecule has 0 spiro atoms. The molecule has 0 heterocycles. The second-order valence-electron chi connectivity index (χ2n) is 12.5. The summed E-state index contributed by atoms with van der Waals surface area (Å²) in [6.07, 6.45) is 34.5. The zero-order valence-corrected chi connectivity index (χ0v) is 29.4. The zero-order valence-electron chi connectivity index (χ0n) is 28.3. The average molecular weight is 657 g/mol. The van der Waals surface area contributed by atoms with Crippen LogP contribution in [0.1, 0.15) is 206 Å². The standard InChI is InChI=1S/2C18H36O3.Fe/c2*1-2-3-4-5-6-7-8-9-10-11-12-13-14-15-16-17(19)18(20)21;/h2*17,19H,2-16H2,1H3,(H,20,21);. The monoisotopic (exact) mass is 656 g/mol. The number of unbranched alkanes of at least 4 members (excludes halogenated alkanes) is 26. The Kier molecular flexibility index (Phi) is 42.9. The molecule has 2 unspecified atom stereocenters. The Morgan fingerprint density at radius 2 is 0.535 bits per heavy atom. The summed E-state index contributed by atoms with van der Waals surface area (Å²) in [4.78, 5) is 20.8. The van der Waals surface area contributed by atoms with Crippen molar-refractivity contribution in [3.63, 3.8) is 0 Å². The van der Waals surface area contributed by atoms with Crippen LogP contribution in [0.15, 0.2) is 0 Å². The summed E-state index contributed by atoms with van der Waals surface area (Å²) in [5.74, 6) is -2.19. The summed E-state index contributed by atoms with van der Waals surface area (Å²) in [7, 11) is 0. The molecule has 0 aromatic carbocycles. The number of carboxylic acids is 2. The van der Waals surface area contributed by atoms with Gasteiger partial charge >= 0.3 is 11.9 Å². The van der Waals surface area contributed by atoms with Gasteiger partial charge in [0.25, 0.3) is 0 Å². The fourth-order valence-corrected chi connectivity index (χ4v) is 5.31. The van der Waals surface area contributed by atoms with E-state index in [1.165, 1.54) is 154 Å². The summed E-state index contributed by atoms with van der Waals surface area (Å²) < 4.78 is 0. The maximum absolute atomic E-state index is 10.4. The third-order valence-electron chi connectivity index (χ3n) is 8.23. The molecule has 0 amide bonds. The molecule has 0 radical (unpaired) electrons. The number of aliphatic hydroxyl groups excluding tert-OH is 2. The van der Waals surface area contributed by atoms with Crippen molar-refractivity contribution < 1.29 is 47.1 Å². The first kappa shape index (κ1) is 46.8. The van der Waals surface area contributed by atoms with Crippen molar-refractivity contribution in [3.05, 3.63) is 0 Å². The van der Waals surface area contributed by atoms with E-state index in [1.54, 1.807) is 0 Å². The number of carboxylic acid groups (broad SMARTS) is 2. The molecule has 0 aliphatic heterocycles. The molecule has 4 N–H and O–H groups in total. The summed E-state index contributed by atoms with van der Waals surface area (Å²) in [5, 5.41) is 35.3. The van der Waals surface area contributed by atoms with Crippen LogP contribution in [0.4, 0.5) is 0 Å². The van der Waals surface area contributed by atoms with Crippen LogP contribution in [0.5, 0.6) is 0 Å². The van der Waals surface area contributed by atoms with Crippen molar-refractivity contribution in [2.24, 2.45) is 0 Å². The Balaban J connectivity index is -0.000000727. The van der Waals surface area contributed by atoms with Crippen LogP contribution in [-0.4, -0.2) is 44.6 Å². The van der Waals surface area contributed by atoms with Crippen LogP contribution in [0, 0.1) is 0 Å². The van der Waals surface area contributed by atoms with E-state index in [0.717, 1.165) is 25.7 Å². The molecule has 43 heavy (non-hydrogen) atoms. The van der Waals surface area contributed by atoms with Crippen LogP contribution >= 0.6 is 0 Å². The summed E-state index contributed by atoms with van der Waals surface area (Å²) in [6.45, 7) is 4.52. The molecule has 0 fully saturated rings. The van der Waals surface area contributed by atoms with E-state index in [-0.39, 0.29) is 17.1 Å². The number of carbonyl (C=O) groups is 2. The molecule has 0 aliphatic carbocycles. The Bertz CT molecular complexity index is 512. The topological polar surface area (TPSA) is 115 Å². The molecule has 7 heteroatoms. The number of hydrogen-bond donors (Lipinski definition) is 4. The maximum atomic E-state index is 10.4. The van der Waals surface area contributed by atoms with Gasteiger partial charge < -0.3 is 20.4 Å². The normalized spacial score (nSPS) is 12.2.